The molecule has 34 heavy (non-hydrogen) atoms. The smallest absolute Gasteiger partial charge is 0.421 e. The topological polar surface area (TPSA) is 138 Å². The third-order valence-electron chi connectivity index (χ3n) is 5.08. The van der Waals surface area contributed by atoms with Crippen molar-refractivity contribution in [1.29, 1.82) is 0 Å². The molecule has 4 aromatic rings. The van der Waals surface area contributed by atoms with Crippen LogP contribution in [-0.4, -0.2) is 40.7 Å². The van der Waals surface area contributed by atoms with Crippen LogP contribution >= 0.6 is 0 Å². The Bertz CT molecular complexity index is 1570. The highest BCUT2D eigenvalue weighted by Gasteiger charge is 2.31. The molecule has 0 spiro atoms. The van der Waals surface area contributed by atoms with Crippen molar-refractivity contribution in [1.82, 2.24) is 29.5 Å². The highest BCUT2D eigenvalue weighted by molar-refractivity contribution is 5.57. The number of hydrogen-bond donors (Lipinski definition) is 5. The molecule has 0 saturated heterocycles. The van der Waals surface area contributed by atoms with E-state index in [1.165, 1.54) is 16.8 Å². The Morgan fingerprint density at radius 1 is 1.24 bits per heavy atom. The molecule has 14 heteroatoms. The predicted molar refractivity (Wildman–Crippen MR) is 108 cm³/mol. The van der Waals surface area contributed by atoms with E-state index in [1.54, 1.807) is 0 Å². The number of aromatic nitrogens is 6. The summed E-state index contributed by atoms with van der Waals surface area (Å²) in [6, 6.07) is 2.47. The first-order valence-electron chi connectivity index (χ1n) is 10.1. The van der Waals surface area contributed by atoms with E-state index >= 15 is 0 Å². The first kappa shape index (κ1) is 21.6. The minimum atomic E-state index is -4.68. The molecule has 0 radical (unpaired) electrons. The summed E-state index contributed by atoms with van der Waals surface area (Å²) in [7, 11) is 0. The molecule has 0 bridgehead atoms. The third-order valence-corrected chi connectivity index (χ3v) is 5.08. The van der Waals surface area contributed by atoms with Gasteiger partial charge in [0.2, 0.25) is 11.5 Å². The van der Waals surface area contributed by atoms with E-state index in [4.69, 9.17) is 0 Å². The summed E-state index contributed by atoms with van der Waals surface area (Å²) in [6.07, 6.45) is 0.113. The number of halogens is 4. The molecule has 3 aromatic heterocycles. The lowest BCUT2D eigenvalue weighted by Gasteiger charge is -2.09. The molecule has 1 aliphatic rings. The van der Waals surface area contributed by atoms with Crippen molar-refractivity contribution >= 4 is 17.7 Å². The van der Waals surface area contributed by atoms with Crippen LogP contribution in [0.25, 0.3) is 11.7 Å². The molecule has 0 unspecified atom stereocenters. The van der Waals surface area contributed by atoms with Crippen LogP contribution < -0.4 is 26.8 Å². The zero-order valence-corrected chi connectivity index (χ0v) is 17.2. The zero-order chi connectivity index (χ0) is 24.0. The minimum absolute atomic E-state index is 0.0580. The van der Waals surface area contributed by atoms with Crippen molar-refractivity contribution in [3.05, 3.63) is 68.4 Å². The molecule has 176 valence electrons. The molecule has 1 aromatic carbocycles. The number of hydrogen-bond acceptors (Lipinski definition) is 6. The maximum Gasteiger partial charge on any atom is 0.421 e. The normalized spacial score (nSPS) is 15.4. The van der Waals surface area contributed by atoms with E-state index in [2.05, 4.69) is 35.3 Å². The second-order valence-corrected chi connectivity index (χ2v) is 7.81. The number of aromatic hydroxyl groups is 1. The van der Waals surface area contributed by atoms with Crippen molar-refractivity contribution in [2.24, 2.45) is 0 Å². The Morgan fingerprint density at radius 3 is 2.71 bits per heavy atom. The Labute approximate surface area is 186 Å². The fraction of sp³-hybridized carbons (Fsp3) is 0.250. The molecule has 0 aliphatic heterocycles. The van der Waals surface area contributed by atoms with Crippen LogP contribution in [-0.2, 0) is 12.7 Å². The lowest BCUT2D eigenvalue weighted by Crippen LogP contribution is -2.80. The molecule has 1 saturated carbocycles. The Balaban J connectivity index is 1.55. The van der Waals surface area contributed by atoms with E-state index in [0.29, 0.717) is 22.6 Å². The molecule has 1 aliphatic carbocycles. The second kappa shape index (κ2) is 7.97. The fourth-order valence-corrected chi connectivity index (χ4v) is 3.32. The largest absolute Gasteiger partial charge is 0.493 e. The zero-order valence-electron chi connectivity index (χ0n) is 17.2. The van der Waals surface area contributed by atoms with Crippen molar-refractivity contribution in [3.8, 4) is 5.88 Å². The van der Waals surface area contributed by atoms with Gasteiger partial charge in [0.15, 0.2) is 0 Å². The van der Waals surface area contributed by atoms with Gasteiger partial charge in [0.1, 0.15) is 11.5 Å². The first-order chi connectivity index (χ1) is 16.2. The average molecular weight is 477 g/mol. The lowest BCUT2D eigenvalue weighted by atomic mass is 10.1. The van der Waals surface area contributed by atoms with Gasteiger partial charge in [-0.15, -0.1) is 5.10 Å². The average Bonchev–Trinajstić information content (AvgIpc) is 3.39. The van der Waals surface area contributed by atoms with Crippen molar-refractivity contribution in [3.63, 3.8) is 0 Å². The van der Waals surface area contributed by atoms with Gasteiger partial charge in [-0.1, -0.05) is 4.52 Å². The van der Waals surface area contributed by atoms with Gasteiger partial charge in [0.25, 0.3) is 0 Å². The molecule has 5 rings (SSSR count). The van der Waals surface area contributed by atoms with Crippen LogP contribution in [0.4, 0.5) is 23.5 Å². The molecule has 1 fully saturated rings. The summed E-state index contributed by atoms with van der Waals surface area (Å²) < 4.78 is 54.2. The molecule has 10 nitrogen and oxygen atoms in total. The van der Waals surface area contributed by atoms with Gasteiger partial charge in [0, 0.05) is 6.54 Å². The van der Waals surface area contributed by atoms with E-state index in [9.17, 15) is 27.5 Å². The molecule has 3 heterocycles. The summed E-state index contributed by atoms with van der Waals surface area (Å²) >= 11 is 0. The van der Waals surface area contributed by atoms with Gasteiger partial charge in [-0.3, -0.25) is 9.98 Å². The predicted octanol–water partition coefficient (Wildman–Crippen LogP) is -0.692. The van der Waals surface area contributed by atoms with Gasteiger partial charge in [0.05, 0.1) is 23.0 Å². The number of benzene rings is 1. The summed E-state index contributed by atoms with van der Waals surface area (Å²) in [6.45, 7) is -0.168. The number of fused-ring (bicyclic) bond motifs is 1. The molecule has 5 N–H and O–H groups in total. The van der Waals surface area contributed by atoms with E-state index < -0.39 is 23.2 Å². The highest BCUT2D eigenvalue weighted by atomic mass is 19.4. The number of nitrogens with one attached hydrogen (secondary N) is 4. The van der Waals surface area contributed by atoms with Crippen LogP contribution in [0.1, 0.15) is 29.7 Å². The van der Waals surface area contributed by atoms with Crippen LogP contribution in [0.3, 0.4) is 0 Å². The van der Waals surface area contributed by atoms with Gasteiger partial charge in [-0.25, -0.2) is 9.18 Å². The number of rotatable bonds is 5. The number of imidazole rings is 1. The summed E-state index contributed by atoms with van der Waals surface area (Å²) in [5.41, 5.74) is -0.868. The molecular weight excluding hydrogens is 460 g/mol. The highest BCUT2D eigenvalue weighted by Crippen LogP contribution is 2.30. The van der Waals surface area contributed by atoms with E-state index in [1.807, 2.05) is 0 Å². The molecule has 0 atom stereocenters. The second-order valence-electron chi connectivity index (χ2n) is 7.81. The van der Waals surface area contributed by atoms with Crippen LogP contribution in [0, 0.1) is 5.82 Å². The summed E-state index contributed by atoms with van der Waals surface area (Å²) in [4.78, 5) is 28.0. The Morgan fingerprint density at radius 2 is 2.03 bits per heavy atom. The SMILES string of the molecule is O=c1[nH]c(O)c(C=c2cnn3c(=[NH+]C4CC4)nc(NCc4cc(F)cc(C(F)(F)F)c4)nc23)[nH]1. The lowest BCUT2D eigenvalue weighted by molar-refractivity contribution is -0.523. The Hall–Kier alpha value is -4.23. The number of aromatic amines is 2. The third kappa shape index (κ3) is 4.46. The van der Waals surface area contributed by atoms with Crippen molar-refractivity contribution in [2.45, 2.75) is 31.6 Å². The quantitative estimate of drug-likeness (QED) is 0.241. The van der Waals surface area contributed by atoms with Gasteiger partial charge in [-0.05, 0) is 47.7 Å². The maximum absolute atomic E-state index is 13.7. The van der Waals surface area contributed by atoms with E-state index in [0.717, 1.165) is 25.0 Å². The standard InChI is InChI=1S/C20H16F4N8O2/c21-12-4-9(3-11(6-12)20(22,23)24)7-25-17-29-15-10(5-14-16(33)30-19(34)28-14)8-26-32(15)18(31-17)27-13-1-2-13/h3-6,8,13,33H,1-2,7H2,(H,25,27,31)(H2,28,30,34)/p+1. The number of alkyl halides is 3. The summed E-state index contributed by atoms with van der Waals surface area (Å²) in [5, 5.41) is 17.3. The van der Waals surface area contributed by atoms with Gasteiger partial charge >= 0.3 is 23.4 Å². The number of anilines is 1. The monoisotopic (exact) mass is 477 g/mol. The first-order valence-corrected chi connectivity index (χ1v) is 10.1. The van der Waals surface area contributed by atoms with Gasteiger partial charge < -0.3 is 15.4 Å². The van der Waals surface area contributed by atoms with Crippen molar-refractivity contribution < 1.29 is 27.7 Å². The fourth-order valence-electron chi connectivity index (χ4n) is 3.32. The van der Waals surface area contributed by atoms with Crippen molar-refractivity contribution in [2.75, 3.05) is 5.32 Å². The van der Waals surface area contributed by atoms with Crippen LogP contribution in [0.2, 0.25) is 0 Å². The number of nitrogens with zero attached hydrogens (tertiary/aromatic N) is 4. The number of H-pyrrole nitrogens is 2. The molecule has 0 amide bonds. The van der Waals surface area contributed by atoms with Crippen LogP contribution in [0.15, 0.2) is 29.2 Å². The Kier molecular flexibility index (Phi) is 5.06. The maximum atomic E-state index is 13.7. The minimum Gasteiger partial charge on any atom is -0.493 e. The molecular formula is C20H17F4N8O2+. The van der Waals surface area contributed by atoms with Gasteiger partial charge in [-0.2, -0.15) is 18.2 Å². The summed E-state index contributed by atoms with van der Waals surface area (Å²) in [5.74, 6) is -1.30. The van der Waals surface area contributed by atoms with Crippen LogP contribution in [0.5, 0.6) is 5.88 Å². The van der Waals surface area contributed by atoms with E-state index in [-0.39, 0.29) is 35.7 Å².